The second-order valence-electron chi connectivity index (χ2n) is 7.90. The third-order valence-corrected chi connectivity index (χ3v) is 5.28. The molecule has 3 aromatic rings. The van der Waals surface area contributed by atoms with E-state index in [1.807, 2.05) is 0 Å². The molecule has 0 amide bonds. The SMILES string of the molecule is Nc1ccc(-c2c(-c3ccc(N)cc3)c(=C(C(F)(F)F)C(F)(F)F)ccc2=C(C(F)(F)F)C(F)(F)F)cc1. The Bertz CT molecular complexity index is 1300. The zero-order valence-corrected chi connectivity index (χ0v) is 18.5. The summed E-state index contributed by atoms with van der Waals surface area (Å²) in [6.45, 7) is 0. The molecular weight excluding hydrogens is 544 g/mol. The zero-order valence-electron chi connectivity index (χ0n) is 18.5. The van der Waals surface area contributed by atoms with Crippen molar-refractivity contribution < 1.29 is 52.7 Å². The van der Waals surface area contributed by atoms with Gasteiger partial charge >= 0.3 is 24.7 Å². The molecule has 3 aromatic carbocycles. The Morgan fingerprint density at radius 2 is 0.632 bits per heavy atom. The van der Waals surface area contributed by atoms with E-state index >= 15 is 0 Å². The van der Waals surface area contributed by atoms with E-state index in [1.54, 1.807) is 0 Å². The van der Waals surface area contributed by atoms with Gasteiger partial charge < -0.3 is 11.5 Å². The summed E-state index contributed by atoms with van der Waals surface area (Å²) in [7, 11) is 0. The van der Waals surface area contributed by atoms with Gasteiger partial charge in [-0.15, -0.1) is 0 Å². The summed E-state index contributed by atoms with van der Waals surface area (Å²) in [6, 6.07) is 7.44. The Morgan fingerprint density at radius 1 is 0.395 bits per heavy atom. The molecule has 0 aliphatic carbocycles. The fraction of sp³-hybridized carbons (Fsp3) is 0.167. The first-order valence-electron chi connectivity index (χ1n) is 10.1. The number of anilines is 2. The monoisotopic (exact) mass is 558 g/mol. The smallest absolute Gasteiger partial charge is 0.399 e. The third kappa shape index (κ3) is 5.83. The van der Waals surface area contributed by atoms with E-state index in [4.69, 9.17) is 11.5 Å². The predicted molar refractivity (Wildman–Crippen MR) is 116 cm³/mol. The number of nitrogens with two attached hydrogens (primary N) is 2. The van der Waals surface area contributed by atoms with Gasteiger partial charge in [0, 0.05) is 21.8 Å². The summed E-state index contributed by atoms with van der Waals surface area (Å²) in [5, 5.41) is -3.37. The molecule has 14 heteroatoms. The van der Waals surface area contributed by atoms with E-state index < -0.39 is 68.5 Å². The molecule has 0 saturated carbocycles. The maximum atomic E-state index is 13.7. The largest absolute Gasteiger partial charge is 0.421 e. The Kier molecular flexibility index (Phi) is 7.16. The quantitative estimate of drug-likeness (QED) is 0.271. The fourth-order valence-electron chi connectivity index (χ4n) is 3.85. The van der Waals surface area contributed by atoms with Gasteiger partial charge in [-0.05, 0) is 46.5 Å². The van der Waals surface area contributed by atoms with Crippen molar-refractivity contribution in [1.29, 1.82) is 0 Å². The minimum atomic E-state index is -6.10. The number of rotatable bonds is 2. The molecule has 0 spiro atoms. The van der Waals surface area contributed by atoms with Crippen LogP contribution in [0.5, 0.6) is 0 Å². The van der Waals surface area contributed by atoms with Gasteiger partial charge in [-0.1, -0.05) is 36.4 Å². The van der Waals surface area contributed by atoms with Crippen LogP contribution in [-0.2, 0) is 0 Å². The van der Waals surface area contributed by atoms with Gasteiger partial charge in [-0.3, -0.25) is 0 Å². The molecule has 0 aromatic heterocycles. The highest BCUT2D eigenvalue weighted by atomic mass is 19.4. The third-order valence-electron chi connectivity index (χ3n) is 5.28. The second kappa shape index (κ2) is 9.48. The van der Waals surface area contributed by atoms with Crippen LogP contribution in [0.15, 0.2) is 60.7 Å². The highest BCUT2D eigenvalue weighted by Crippen LogP contribution is 2.43. The van der Waals surface area contributed by atoms with E-state index in [-0.39, 0.29) is 23.5 Å². The number of alkyl halides is 12. The van der Waals surface area contributed by atoms with Crippen LogP contribution in [0.3, 0.4) is 0 Å². The zero-order chi connectivity index (χ0) is 28.8. The molecule has 0 fully saturated rings. The highest BCUT2D eigenvalue weighted by molar-refractivity contribution is 5.88. The summed E-state index contributed by atoms with van der Waals surface area (Å²) in [4.78, 5) is 0. The molecule has 0 saturated heterocycles. The summed E-state index contributed by atoms with van der Waals surface area (Å²) >= 11 is 0. The summed E-state index contributed by atoms with van der Waals surface area (Å²) in [5.41, 5.74) is 1.25. The number of halogens is 12. The van der Waals surface area contributed by atoms with Crippen molar-refractivity contribution in [2.75, 3.05) is 11.5 Å². The van der Waals surface area contributed by atoms with Crippen LogP contribution in [0.2, 0.25) is 0 Å². The maximum absolute atomic E-state index is 13.7. The predicted octanol–water partition coefficient (Wildman–Crippen LogP) is 6.74. The summed E-state index contributed by atoms with van der Waals surface area (Å²) < 4.78 is 165. The Morgan fingerprint density at radius 3 is 0.842 bits per heavy atom. The van der Waals surface area contributed by atoms with Crippen LogP contribution in [-0.4, -0.2) is 24.7 Å². The van der Waals surface area contributed by atoms with Gasteiger partial charge in [-0.2, -0.15) is 52.7 Å². The van der Waals surface area contributed by atoms with Crippen molar-refractivity contribution in [2.45, 2.75) is 24.7 Å². The molecule has 204 valence electrons. The lowest BCUT2D eigenvalue weighted by molar-refractivity contribution is -0.140. The molecule has 0 radical (unpaired) electrons. The lowest BCUT2D eigenvalue weighted by Crippen LogP contribution is -2.36. The number of benzene rings is 3. The summed E-state index contributed by atoms with van der Waals surface area (Å²) in [5.74, 6) is 0. The molecule has 0 aliphatic heterocycles. The van der Waals surface area contributed by atoms with E-state index in [9.17, 15) is 52.7 Å². The van der Waals surface area contributed by atoms with Gasteiger partial charge in [-0.25, -0.2) is 0 Å². The van der Waals surface area contributed by atoms with Crippen molar-refractivity contribution in [3.05, 3.63) is 71.1 Å². The van der Waals surface area contributed by atoms with Gasteiger partial charge in [0.2, 0.25) is 0 Å². The van der Waals surface area contributed by atoms with Crippen molar-refractivity contribution >= 4 is 22.5 Å². The number of hydrogen-bond acceptors (Lipinski definition) is 2. The molecular formula is C24H14F12N2. The Hall–Kier alpha value is -3.84. The summed E-state index contributed by atoms with van der Waals surface area (Å²) in [6.07, 6.45) is -24.4. The molecule has 3 rings (SSSR count). The van der Waals surface area contributed by atoms with Gasteiger partial charge in [0.15, 0.2) is 0 Å². The lowest BCUT2D eigenvalue weighted by Gasteiger charge is -2.22. The molecule has 0 aliphatic rings. The standard InChI is InChI=1S/C24H14F12N2/c25-21(26,27)19(22(28,29)30)15-9-10-16(20(23(31,32)33)24(34,35)36)18(12-3-7-14(38)8-4-12)17(15)11-1-5-13(37)6-2-11/h1-10H,37-38H2. The average Bonchev–Trinajstić information content (AvgIpc) is 2.72. The van der Waals surface area contributed by atoms with Crippen molar-refractivity contribution in [3.63, 3.8) is 0 Å². The fourth-order valence-corrected chi connectivity index (χ4v) is 3.85. The van der Waals surface area contributed by atoms with E-state index in [0.29, 0.717) is 0 Å². The minimum Gasteiger partial charge on any atom is -0.399 e. The molecule has 0 unspecified atom stereocenters. The van der Waals surface area contributed by atoms with Crippen LogP contribution >= 0.6 is 0 Å². The lowest BCUT2D eigenvalue weighted by atomic mass is 9.87. The van der Waals surface area contributed by atoms with Crippen LogP contribution in [0.25, 0.3) is 33.4 Å². The molecule has 2 nitrogen and oxygen atoms in total. The van der Waals surface area contributed by atoms with Gasteiger partial charge in [0.05, 0.1) is 0 Å². The highest BCUT2D eigenvalue weighted by Gasteiger charge is 2.53. The minimum absolute atomic E-state index is 0.0332. The number of hydrogen-bond donors (Lipinski definition) is 2. The first kappa shape index (κ1) is 28.7. The van der Waals surface area contributed by atoms with Gasteiger partial charge in [0.25, 0.3) is 0 Å². The Balaban J connectivity index is 2.87. The first-order chi connectivity index (χ1) is 17.2. The van der Waals surface area contributed by atoms with Crippen molar-refractivity contribution in [3.8, 4) is 22.3 Å². The molecule has 0 atom stereocenters. The first-order valence-corrected chi connectivity index (χ1v) is 10.1. The molecule has 0 bridgehead atoms. The average molecular weight is 558 g/mol. The van der Waals surface area contributed by atoms with E-state index in [2.05, 4.69) is 0 Å². The molecule has 4 N–H and O–H groups in total. The Labute approximate surface area is 205 Å². The second-order valence-corrected chi connectivity index (χ2v) is 7.90. The number of nitrogen functional groups attached to an aromatic ring is 2. The van der Waals surface area contributed by atoms with Crippen LogP contribution in [0.1, 0.15) is 0 Å². The van der Waals surface area contributed by atoms with Crippen LogP contribution < -0.4 is 21.9 Å². The molecule has 0 heterocycles. The van der Waals surface area contributed by atoms with Gasteiger partial charge in [0.1, 0.15) is 11.1 Å². The van der Waals surface area contributed by atoms with Crippen LogP contribution in [0.4, 0.5) is 64.1 Å². The maximum Gasteiger partial charge on any atom is 0.421 e. The molecule has 38 heavy (non-hydrogen) atoms. The van der Waals surface area contributed by atoms with E-state index in [1.165, 1.54) is 0 Å². The van der Waals surface area contributed by atoms with Crippen molar-refractivity contribution in [1.82, 2.24) is 0 Å². The normalized spacial score (nSPS) is 12.9. The topological polar surface area (TPSA) is 52.0 Å². The van der Waals surface area contributed by atoms with Crippen molar-refractivity contribution in [2.24, 2.45) is 0 Å². The van der Waals surface area contributed by atoms with E-state index in [0.717, 1.165) is 48.5 Å². The van der Waals surface area contributed by atoms with Crippen LogP contribution in [0, 0.1) is 0 Å².